The van der Waals surface area contributed by atoms with Crippen molar-refractivity contribution in [3.63, 3.8) is 0 Å². The summed E-state index contributed by atoms with van der Waals surface area (Å²) in [5.41, 5.74) is 7.06. The lowest BCUT2D eigenvalue weighted by molar-refractivity contribution is 0.0938. The molecule has 29 heavy (non-hydrogen) atoms. The van der Waals surface area contributed by atoms with Crippen LogP contribution >= 0.6 is 0 Å². The summed E-state index contributed by atoms with van der Waals surface area (Å²) in [6.45, 7) is 0.330. The molecule has 0 bridgehead atoms. The number of urea groups is 1. The number of para-hydroxylation sites is 1. The third kappa shape index (κ3) is 3.98. The first-order valence-electron chi connectivity index (χ1n) is 9.11. The lowest BCUT2D eigenvalue weighted by Gasteiger charge is -2.10. The first-order valence-corrected chi connectivity index (χ1v) is 9.11. The minimum absolute atomic E-state index is 0.330. The Morgan fingerprint density at radius 1 is 0.966 bits per heavy atom. The number of aromatic nitrogens is 1. The van der Waals surface area contributed by atoms with Gasteiger partial charge in [-0.1, -0.05) is 36.4 Å². The second-order valence-electron chi connectivity index (χ2n) is 6.56. The number of aromatic amines is 1. The van der Waals surface area contributed by atoms with Gasteiger partial charge in [-0.2, -0.15) is 0 Å². The number of nitrogens with one attached hydrogen (secondary N) is 4. The van der Waals surface area contributed by atoms with Gasteiger partial charge in [0.25, 0.3) is 5.91 Å². The molecule has 1 aromatic heterocycles. The fourth-order valence-electron chi connectivity index (χ4n) is 3.18. The van der Waals surface area contributed by atoms with E-state index in [4.69, 9.17) is 4.74 Å². The molecule has 0 unspecified atom stereocenters. The topological polar surface area (TPSA) is 95.2 Å². The molecular weight excluding hydrogens is 368 g/mol. The van der Waals surface area contributed by atoms with Crippen LogP contribution in [0.25, 0.3) is 21.7 Å². The molecule has 0 atom stereocenters. The van der Waals surface area contributed by atoms with Crippen LogP contribution in [0.3, 0.4) is 0 Å². The van der Waals surface area contributed by atoms with E-state index < -0.39 is 11.9 Å². The summed E-state index contributed by atoms with van der Waals surface area (Å²) in [6, 6.07) is 18.7. The van der Waals surface area contributed by atoms with Crippen molar-refractivity contribution in [3.05, 3.63) is 78.0 Å². The predicted octanol–water partition coefficient (Wildman–Crippen LogP) is 3.47. The molecule has 7 heteroatoms. The number of ether oxygens (including phenoxy) is 1. The minimum atomic E-state index is -0.493. The molecule has 4 rings (SSSR count). The first kappa shape index (κ1) is 18.4. The maximum Gasteiger partial charge on any atom is 0.333 e. The molecular formula is C22H20N4O3. The molecule has 7 nitrogen and oxygen atoms in total. The maximum absolute atomic E-state index is 12.3. The van der Waals surface area contributed by atoms with Crippen LogP contribution in [-0.2, 0) is 6.54 Å². The Morgan fingerprint density at radius 2 is 1.76 bits per heavy atom. The monoisotopic (exact) mass is 388 g/mol. The van der Waals surface area contributed by atoms with Gasteiger partial charge in [0.2, 0.25) is 0 Å². The molecule has 0 saturated carbocycles. The van der Waals surface area contributed by atoms with E-state index in [1.165, 1.54) is 0 Å². The van der Waals surface area contributed by atoms with Gasteiger partial charge in [-0.15, -0.1) is 0 Å². The van der Waals surface area contributed by atoms with Crippen molar-refractivity contribution in [1.82, 2.24) is 21.2 Å². The molecule has 3 aromatic carbocycles. The van der Waals surface area contributed by atoms with E-state index in [1.807, 2.05) is 60.7 Å². The summed E-state index contributed by atoms with van der Waals surface area (Å²) < 4.78 is 5.23. The molecule has 4 N–H and O–H groups in total. The number of rotatable bonds is 4. The number of hydrogen-bond acceptors (Lipinski definition) is 3. The Kier molecular flexibility index (Phi) is 5.03. The summed E-state index contributed by atoms with van der Waals surface area (Å²) in [5.74, 6) is 0.408. The zero-order chi connectivity index (χ0) is 20.2. The quantitative estimate of drug-likeness (QED) is 0.403. The minimum Gasteiger partial charge on any atom is -0.497 e. The molecule has 1 heterocycles. The highest BCUT2D eigenvalue weighted by molar-refractivity contribution is 6.07. The lowest BCUT2D eigenvalue weighted by Crippen LogP contribution is -2.46. The SMILES string of the molecule is COc1ccc2cc(CNC(=O)NNC(=O)c3c[nH]c4ccccc34)ccc2c1. The van der Waals surface area contributed by atoms with Crippen molar-refractivity contribution in [2.75, 3.05) is 7.11 Å². The molecule has 0 fully saturated rings. The molecule has 0 aliphatic heterocycles. The Hall–Kier alpha value is -4.00. The molecule has 0 spiro atoms. The van der Waals surface area contributed by atoms with Gasteiger partial charge >= 0.3 is 6.03 Å². The zero-order valence-electron chi connectivity index (χ0n) is 15.8. The Morgan fingerprint density at radius 3 is 2.62 bits per heavy atom. The molecule has 0 saturated heterocycles. The summed E-state index contributed by atoms with van der Waals surface area (Å²) in [6.07, 6.45) is 1.61. The number of H-pyrrole nitrogens is 1. The van der Waals surface area contributed by atoms with Gasteiger partial charge in [-0.25, -0.2) is 10.2 Å². The third-order valence-corrected chi connectivity index (χ3v) is 4.69. The van der Waals surface area contributed by atoms with E-state index in [0.717, 1.165) is 33.0 Å². The van der Waals surface area contributed by atoms with E-state index in [-0.39, 0.29) is 0 Å². The van der Waals surface area contributed by atoms with Crippen LogP contribution in [0, 0.1) is 0 Å². The van der Waals surface area contributed by atoms with E-state index in [2.05, 4.69) is 21.2 Å². The van der Waals surface area contributed by atoms with Crippen LogP contribution in [0.5, 0.6) is 5.75 Å². The van der Waals surface area contributed by atoms with Crippen molar-refractivity contribution in [2.24, 2.45) is 0 Å². The predicted molar refractivity (Wildman–Crippen MR) is 112 cm³/mol. The highest BCUT2D eigenvalue weighted by atomic mass is 16.5. The molecule has 0 radical (unpaired) electrons. The number of hydrogen-bond donors (Lipinski definition) is 4. The summed E-state index contributed by atoms with van der Waals surface area (Å²) in [4.78, 5) is 27.4. The van der Waals surface area contributed by atoms with Crippen LogP contribution in [0.4, 0.5) is 4.79 Å². The van der Waals surface area contributed by atoms with Crippen LogP contribution in [0.15, 0.2) is 66.9 Å². The number of methoxy groups -OCH3 is 1. The van der Waals surface area contributed by atoms with Crippen molar-refractivity contribution < 1.29 is 14.3 Å². The number of carbonyl (C=O) groups excluding carboxylic acids is 2. The Balaban J connectivity index is 1.33. The number of benzene rings is 3. The van der Waals surface area contributed by atoms with Crippen molar-refractivity contribution in [1.29, 1.82) is 0 Å². The Bertz CT molecular complexity index is 1200. The van der Waals surface area contributed by atoms with Crippen LogP contribution in [0.1, 0.15) is 15.9 Å². The molecule has 4 aromatic rings. The van der Waals surface area contributed by atoms with Gasteiger partial charge in [0, 0.05) is 23.6 Å². The van der Waals surface area contributed by atoms with Crippen molar-refractivity contribution in [2.45, 2.75) is 6.54 Å². The van der Waals surface area contributed by atoms with Crippen LogP contribution in [0.2, 0.25) is 0 Å². The van der Waals surface area contributed by atoms with E-state index >= 15 is 0 Å². The smallest absolute Gasteiger partial charge is 0.333 e. The molecule has 146 valence electrons. The summed E-state index contributed by atoms with van der Waals surface area (Å²) in [5, 5.41) is 5.63. The molecule has 3 amide bonds. The fourth-order valence-corrected chi connectivity index (χ4v) is 3.18. The van der Waals surface area contributed by atoms with Crippen molar-refractivity contribution >= 4 is 33.6 Å². The standard InChI is InChI=1S/C22H20N4O3/c1-29-17-9-8-15-10-14(6-7-16(15)11-17)12-24-22(28)26-25-21(27)19-13-23-20-5-3-2-4-18(19)20/h2-11,13,23H,12H2,1H3,(H,25,27)(H2,24,26,28). The van der Waals surface area contributed by atoms with Gasteiger partial charge in [0.15, 0.2) is 0 Å². The summed E-state index contributed by atoms with van der Waals surface area (Å²) >= 11 is 0. The van der Waals surface area contributed by atoms with E-state index in [0.29, 0.717) is 12.1 Å². The average Bonchev–Trinajstić information content (AvgIpc) is 3.19. The number of hydrazine groups is 1. The van der Waals surface area contributed by atoms with Gasteiger partial charge in [-0.05, 0) is 40.6 Å². The van der Waals surface area contributed by atoms with Crippen molar-refractivity contribution in [3.8, 4) is 5.75 Å². The lowest BCUT2D eigenvalue weighted by atomic mass is 10.1. The molecule has 0 aliphatic rings. The van der Waals surface area contributed by atoms with E-state index in [9.17, 15) is 9.59 Å². The van der Waals surface area contributed by atoms with Gasteiger partial charge in [0.05, 0.1) is 12.7 Å². The van der Waals surface area contributed by atoms with E-state index in [1.54, 1.807) is 13.3 Å². The highest BCUT2D eigenvalue weighted by Crippen LogP contribution is 2.22. The molecule has 0 aliphatic carbocycles. The fraction of sp³-hybridized carbons (Fsp3) is 0.0909. The third-order valence-electron chi connectivity index (χ3n) is 4.69. The maximum atomic E-state index is 12.3. The Labute approximate surface area is 167 Å². The van der Waals surface area contributed by atoms with Gasteiger partial charge < -0.3 is 15.0 Å². The normalized spacial score (nSPS) is 10.7. The van der Waals surface area contributed by atoms with Gasteiger partial charge in [0.1, 0.15) is 5.75 Å². The number of fused-ring (bicyclic) bond motifs is 2. The highest BCUT2D eigenvalue weighted by Gasteiger charge is 2.12. The number of carbonyl (C=O) groups is 2. The summed E-state index contributed by atoms with van der Waals surface area (Å²) in [7, 11) is 1.63. The van der Waals surface area contributed by atoms with Gasteiger partial charge in [-0.3, -0.25) is 10.2 Å². The van der Waals surface area contributed by atoms with Crippen LogP contribution < -0.4 is 20.9 Å². The second kappa shape index (κ2) is 7.93. The first-order chi connectivity index (χ1) is 14.1. The van der Waals surface area contributed by atoms with Crippen LogP contribution in [-0.4, -0.2) is 24.0 Å². The zero-order valence-corrected chi connectivity index (χ0v) is 15.8. The largest absolute Gasteiger partial charge is 0.497 e. The second-order valence-corrected chi connectivity index (χ2v) is 6.56. The number of amides is 3. The average molecular weight is 388 g/mol.